The van der Waals surface area contributed by atoms with Crippen LogP contribution in [0.5, 0.6) is 0 Å². The first-order chi connectivity index (χ1) is 13.3. The number of hydrogen-bond donors (Lipinski definition) is 3. The summed E-state index contributed by atoms with van der Waals surface area (Å²) in [4.78, 5) is 20.4. The van der Waals surface area contributed by atoms with Crippen LogP contribution in [0.1, 0.15) is 48.8 Å². The number of benzene rings is 1. The SMILES string of the molecule is C[C@@H](NC(=O)[C@H]1C[C@@H]1c1nc2ccccc2[nH]1)c1cn[nH]c1CCC(F)(F)F. The molecule has 0 saturated heterocycles. The summed E-state index contributed by atoms with van der Waals surface area (Å²) in [5.41, 5.74) is 2.78. The van der Waals surface area contributed by atoms with E-state index in [0.717, 1.165) is 16.9 Å². The summed E-state index contributed by atoms with van der Waals surface area (Å²) >= 11 is 0. The average molecular weight is 391 g/mol. The molecular weight excluding hydrogens is 371 g/mol. The van der Waals surface area contributed by atoms with Gasteiger partial charge in [0.1, 0.15) is 5.82 Å². The van der Waals surface area contributed by atoms with Gasteiger partial charge in [0.05, 0.1) is 23.3 Å². The molecule has 9 heteroatoms. The predicted molar refractivity (Wildman–Crippen MR) is 96.5 cm³/mol. The predicted octanol–water partition coefficient (Wildman–Crippen LogP) is 3.76. The smallest absolute Gasteiger partial charge is 0.349 e. The van der Waals surface area contributed by atoms with Gasteiger partial charge in [0, 0.05) is 29.5 Å². The van der Waals surface area contributed by atoms with Crippen LogP contribution >= 0.6 is 0 Å². The van der Waals surface area contributed by atoms with Crippen molar-refractivity contribution in [2.24, 2.45) is 5.92 Å². The van der Waals surface area contributed by atoms with E-state index in [2.05, 4.69) is 25.5 Å². The monoisotopic (exact) mass is 391 g/mol. The summed E-state index contributed by atoms with van der Waals surface area (Å²) in [7, 11) is 0. The summed E-state index contributed by atoms with van der Waals surface area (Å²) in [6, 6.07) is 7.26. The van der Waals surface area contributed by atoms with Gasteiger partial charge in [-0.15, -0.1) is 0 Å². The highest BCUT2D eigenvalue weighted by atomic mass is 19.4. The molecule has 2 aromatic heterocycles. The van der Waals surface area contributed by atoms with Crippen LogP contribution in [0.2, 0.25) is 0 Å². The number of aromatic amines is 2. The van der Waals surface area contributed by atoms with Crippen molar-refractivity contribution in [1.29, 1.82) is 0 Å². The molecule has 1 aromatic carbocycles. The van der Waals surface area contributed by atoms with Crippen LogP contribution in [0, 0.1) is 5.92 Å². The standard InChI is InChI=1S/C19H20F3N5O/c1-10(13-9-23-27-14(13)6-7-19(20,21)22)24-18(28)12-8-11(12)17-25-15-4-2-3-5-16(15)26-17/h2-5,9-12H,6-8H2,1H3,(H,23,27)(H,24,28)(H,25,26)/t10-,11+,12+/m1/s1. The number of carbonyl (C=O) groups is 1. The zero-order valence-corrected chi connectivity index (χ0v) is 15.2. The maximum atomic E-state index is 12.6. The van der Waals surface area contributed by atoms with Gasteiger partial charge in [-0.05, 0) is 31.9 Å². The molecule has 6 nitrogen and oxygen atoms in total. The highest BCUT2D eigenvalue weighted by Crippen LogP contribution is 2.47. The second-order valence-electron chi connectivity index (χ2n) is 7.24. The normalized spacial score (nSPS) is 20.3. The van der Waals surface area contributed by atoms with Gasteiger partial charge in [0.2, 0.25) is 5.91 Å². The first kappa shape index (κ1) is 18.5. The first-order valence-electron chi connectivity index (χ1n) is 9.16. The van der Waals surface area contributed by atoms with Crippen molar-refractivity contribution < 1.29 is 18.0 Å². The van der Waals surface area contributed by atoms with E-state index in [9.17, 15) is 18.0 Å². The van der Waals surface area contributed by atoms with Crippen molar-refractivity contribution in [2.75, 3.05) is 0 Å². The molecule has 3 N–H and O–H groups in total. The third kappa shape index (κ3) is 3.88. The molecule has 0 radical (unpaired) electrons. The number of nitrogens with one attached hydrogen (secondary N) is 3. The second-order valence-corrected chi connectivity index (χ2v) is 7.24. The van der Waals surface area contributed by atoms with Gasteiger partial charge >= 0.3 is 6.18 Å². The molecule has 28 heavy (non-hydrogen) atoms. The Morgan fingerprint density at radius 2 is 2.14 bits per heavy atom. The largest absolute Gasteiger partial charge is 0.389 e. The second kappa shape index (κ2) is 6.96. The molecule has 2 heterocycles. The summed E-state index contributed by atoms with van der Waals surface area (Å²) in [6.45, 7) is 1.75. The Morgan fingerprint density at radius 1 is 1.36 bits per heavy atom. The topological polar surface area (TPSA) is 86.5 Å². The fourth-order valence-corrected chi connectivity index (χ4v) is 3.50. The number of fused-ring (bicyclic) bond motifs is 1. The van der Waals surface area contributed by atoms with Crippen LogP contribution in [-0.4, -0.2) is 32.2 Å². The lowest BCUT2D eigenvalue weighted by atomic mass is 10.1. The molecule has 0 unspecified atom stereocenters. The molecule has 1 saturated carbocycles. The molecule has 0 bridgehead atoms. The molecule has 4 rings (SSSR count). The number of para-hydroxylation sites is 2. The van der Waals surface area contributed by atoms with Crippen LogP contribution < -0.4 is 5.32 Å². The lowest BCUT2D eigenvalue weighted by molar-refractivity contribution is -0.134. The molecule has 3 atom stereocenters. The first-order valence-corrected chi connectivity index (χ1v) is 9.16. The van der Waals surface area contributed by atoms with Crippen molar-refractivity contribution >= 4 is 16.9 Å². The van der Waals surface area contributed by atoms with Gasteiger partial charge in [0.25, 0.3) is 0 Å². The number of H-pyrrole nitrogens is 2. The maximum absolute atomic E-state index is 12.6. The minimum Gasteiger partial charge on any atom is -0.349 e. The third-order valence-corrected chi connectivity index (χ3v) is 5.12. The molecule has 1 aliphatic carbocycles. The van der Waals surface area contributed by atoms with Crippen molar-refractivity contribution in [2.45, 2.75) is 44.3 Å². The van der Waals surface area contributed by atoms with Gasteiger partial charge in [-0.25, -0.2) is 4.98 Å². The molecule has 1 fully saturated rings. The summed E-state index contributed by atoms with van der Waals surface area (Å²) in [6.07, 6.45) is -3.18. The number of imidazole rings is 1. The average Bonchev–Trinajstić information content (AvgIpc) is 3.11. The van der Waals surface area contributed by atoms with Gasteiger partial charge in [-0.3, -0.25) is 9.89 Å². The zero-order chi connectivity index (χ0) is 19.9. The number of aromatic nitrogens is 4. The van der Waals surface area contributed by atoms with Gasteiger partial charge in [-0.1, -0.05) is 12.1 Å². The molecule has 0 aliphatic heterocycles. The Morgan fingerprint density at radius 3 is 2.89 bits per heavy atom. The van der Waals surface area contributed by atoms with Crippen molar-refractivity contribution in [3.63, 3.8) is 0 Å². The van der Waals surface area contributed by atoms with E-state index in [-0.39, 0.29) is 24.2 Å². The Kier molecular flexibility index (Phi) is 4.60. The van der Waals surface area contributed by atoms with Gasteiger partial charge in [-0.2, -0.15) is 18.3 Å². The number of amides is 1. The van der Waals surface area contributed by atoms with Crippen molar-refractivity contribution in [3.05, 3.63) is 47.5 Å². The van der Waals surface area contributed by atoms with Gasteiger partial charge < -0.3 is 10.3 Å². The Bertz CT molecular complexity index is 960. The highest BCUT2D eigenvalue weighted by Gasteiger charge is 2.46. The molecule has 148 valence electrons. The maximum Gasteiger partial charge on any atom is 0.389 e. The number of aryl methyl sites for hydroxylation is 1. The molecular formula is C19H20F3N5O. The summed E-state index contributed by atoms with van der Waals surface area (Å²) in [5, 5.41) is 9.34. The third-order valence-electron chi connectivity index (χ3n) is 5.12. The Balaban J connectivity index is 1.37. The van der Waals surface area contributed by atoms with Crippen molar-refractivity contribution in [3.8, 4) is 0 Å². The minimum absolute atomic E-state index is 0.0358. The van der Waals surface area contributed by atoms with Gasteiger partial charge in [0.15, 0.2) is 0 Å². The number of halogens is 3. The Hall–Kier alpha value is -2.84. The van der Waals surface area contributed by atoms with Crippen molar-refractivity contribution in [1.82, 2.24) is 25.5 Å². The molecule has 1 aliphatic rings. The lowest BCUT2D eigenvalue weighted by Gasteiger charge is -2.15. The number of alkyl halides is 3. The minimum atomic E-state index is -4.23. The van der Waals surface area contributed by atoms with Crippen LogP contribution in [0.25, 0.3) is 11.0 Å². The van der Waals surface area contributed by atoms with Crippen LogP contribution in [0.4, 0.5) is 13.2 Å². The van der Waals surface area contributed by atoms with Crippen LogP contribution in [-0.2, 0) is 11.2 Å². The van der Waals surface area contributed by atoms with E-state index in [4.69, 9.17) is 0 Å². The van der Waals surface area contributed by atoms with E-state index in [1.54, 1.807) is 6.92 Å². The van der Waals surface area contributed by atoms with Crippen LogP contribution in [0.15, 0.2) is 30.5 Å². The van der Waals surface area contributed by atoms with E-state index < -0.39 is 18.6 Å². The van der Waals surface area contributed by atoms with E-state index in [1.807, 2.05) is 24.3 Å². The Labute approximate surface area is 158 Å². The fourth-order valence-electron chi connectivity index (χ4n) is 3.50. The lowest BCUT2D eigenvalue weighted by Crippen LogP contribution is -2.29. The molecule has 0 spiro atoms. The summed E-state index contributed by atoms with van der Waals surface area (Å²) < 4.78 is 37.4. The number of carbonyl (C=O) groups excluding carboxylic acids is 1. The summed E-state index contributed by atoms with van der Waals surface area (Å²) in [5.74, 6) is 0.520. The van der Waals surface area contributed by atoms with E-state index >= 15 is 0 Å². The molecule has 1 amide bonds. The van der Waals surface area contributed by atoms with E-state index in [0.29, 0.717) is 17.7 Å². The van der Waals surface area contributed by atoms with E-state index in [1.165, 1.54) is 6.20 Å². The number of hydrogen-bond acceptors (Lipinski definition) is 3. The number of rotatable bonds is 6. The number of nitrogens with zero attached hydrogens (tertiary/aromatic N) is 2. The highest BCUT2D eigenvalue weighted by molar-refractivity contribution is 5.83. The van der Waals surface area contributed by atoms with Crippen LogP contribution in [0.3, 0.4) is 0 Å². The molecule has 3 aromatic rings. The quantitative estimate of drug-likeness (QED) is 0.598. The fraction of sp³-hybridized carbons (Fsp3) is 0.421. The zero-order valence-electron chi connectivity index (χ0n) is 15.2.